The molecule has 2 amide bonds. The van der Waals surface area contributed by atoms with E-state index in [1.54, 1.807) is 31.2 Å². The lowest BCUT2D eigenvalue weighted by Crippen LogP contribution is -2.34. The number of hydrogen-bond acceptors (Lipinski definition) is 4. The van der Waals surface area contributed by atoms with Gasteiger partial charge in [0.05, 0.1) is 6.61 Å². The van der Waals surface area contributed by atoms with E-state index in [1.165, 1.54) is 6.42 Å². The summed E-state index contributed by atoms with van der Waals surface area (Å²) in [6.45, 7) is 8.94. The van der Waals surface area contributed by atoms with Crippen molar-refractivity contribution < 1.29 is 14.3 Å². The van der Waals surface area contributed by atoms with E-state index in [9.17, 15) is 9.59 Å². The van der Waals surface area contributed by atoms with E-state index >= 15 is 0 Å². The van der Waals surface area contributed by atoms with Gasteiger partial charge >= 0.3 is 6.09 Å². The second kappa shape index (κ2) is 6.74. The lowest BCUT2D eigenvalue weighted by molar-refractivity contribution is 0.0954. The smallest absolute Gasteiger partial charge is 0.411 e. The molecule has 6 heteroatoms. The Balaban J connectivity index is 1.63. The molecule has 0 spiro atoms. The number of anilines is 1. The summed E-state index contributed by atoms with van der Waals surface area (Å²) in [5.41, 5.74) is 5.19. The Morgan fingerprint density at radius 2 is 1.92 bits per heavy atom. The van der Waals surface area contributed by atoms with Crippen LogP contribution in [0.3, 0.4) is 0 Å². The standard InChI is InChI=1S/C20H27N3O3/c1-5-26-18(25)21-15-8-6-13(7-9-15)17(24)23-22-16-12-14-10-11-20(16,4)19(14,2)3/h6-9,14H,5,10-12H2,1-4H3,(H,21,25)(H,23,24)/b22-16-/t14-,20-/m1/s1. The van der Waals surface area contributed by atoms with Gasteiger partial charge in [-0.25, -0.2) is 10.2 Å². The number of nitrogens with zero attached hydrogens (tertiary/aromatic N) is 1. The van der Waals surface area contributed by atoms with Crippen LogP contribution in [0.5, 0.6) is 0 Å². The highest BCUT2D eigenvalue weighted by Gasteiger charge is 2.60. The van der Waals surface area contributed by atoms with Gasteiger partial charge in [-0.1, -0.05) is 20.8 Å². The first-order valence-corrected chi connectivity index (χ1v) is 9.19. The largest absolute Gasteiger partial charge is 0.450 e. The molecule has 2 atom stereocenters. The van der Waals surface area contributed by atoms with Crippen molar-refractivity contribution in [2.24, 2.45) is 21.8 Å². The van der Waals surface area contributed by atoms with Gasteiger partial charge < -0.3 is 4.74 Å². The quantitative estimate of drug-likeness (QED) is 0.793. The molecule has 0 heterocycles. The van der Waals surface area contributed by atoms with Crippen LogP contribution in [-0.2, 0) is 4.74 Å². The molecule has 2 N–H and O–H groups in total. The predicted octanol–water partition coefficient (Wildman–Crippen LogP) is 4.19. The monoisotopic (exact) mass is 357 g/mol. The molecule has 0 radical (unpaired) electrons. The first kappa shape index (κ1) is 18.4. The van der Waals surface area contributed by atoms with Gasteiger partial charge in [-0.3, -0.25) is 10.1 Å². The Morgan fingerprint density at radius 1 is 1.23 bits per heavy atom. The van der Waals surface area contributed by atoms with Crippen molar-refractivity contribution in [1.29, 1.82) is 0 Å². The number of rotatable bonds is 4. The van der Waals surface area contributed by atoms with E-state index in [-0.39, 0.29) is 16.7 Å². The highest BCUT2D eigenvalue weighted by Crippen LogP contribution is 2.63. The number of benzene rings is 1. The summed E-state index contributed by atoms with van der Waals surface area (Å²) in [4.78, 5) is 23.8. The van der Waals surface area contributed by atoms with Gasteiger partial charge in [0, 0.05) is 22.4 Å². The van der Waals surface area contributed by atoms with E-state index in [0.29, 0.717) is 23.8 Å². The number of ether oxygens (including phenoxy) is 1. The molecular formula is C20H27N3O3. The number of fused-ring (bicyclic) bond motifs is 2. The van der Waals surface area contributed by atoms with Crippen LogP contribution >= 0.6 is 0 Å². The maximum atomic E-state index is 12.4. The minimum absolute atomic E-state index is 0.0678. The molecule has 0 aliphatic heterocycles. The van der Waals surface area contributed by atoms with E-state index in [2.05, 4.69) is 36.6 Å². The second-order valence-corrected chi connectivity index (χ2v) is 7.92. The molecule has 2 aliphatic rings. The molecule has 2 saturated carbocycles. The fourth-order valence-electron chi connectivity index (χ4n) is 4.27. The van der Waals surface area contributed by atoms with Gasteiger partial charge in [0.25, 0.3) is 5.91 Å². The van der Waals surface area contributed by atoms with Gasteiger partial charge in [0.2, 0.25) is 0 Å². The summed E-state index contributed by atoms with van der Waals surface area (Å²) < 4.78 is 4.82. The zero-order valence-electron chi connectivity index (χ0n) is 15.9. The lowest BCUT2D eigenvalue weighted by Gasteiger charge is -2.34. The van der Waals surface area contributed by atoms with E-state index in [4.69, 9.17) is 4.74 Å². The summed E-state index contributed by atoms with van der Waals surface area (Å²) in [5.74, 6) is 0.403. The third-order valence-electron chi connectivity index (χ3n) is 6.47. The van der Waals surface area contributed by atoms with Crippen molar-refractivity contribution >= 4 is 23.4 Å². The number of nitrogens with one attached hydrogen (secondary N) is 2. The fourth-order valence-corrected chi connectivity index (χ4v) is 4.27. The van der Waals surface area contributed by atoms with Crippen molar-refractivity contribution in [3.63, 3.8) is 0 Å². The average molecular weight is 357 g/mol. The summed E-state index contributed by atoms with van der Waals surface area (Å²) in [6, 6.07) is 6.65. The van der Waals surface area contributed by atoms with Crippen LogP contribution in [0.4, 0.5) is 10.5 Å². The number of carbonyl (C=O) groups excluding carboxylic acids is 2. The van der Waals surface area contributed by atoms with Crippen LogP contribution in [0.25, 0.3) is 0 Å². The van der Waals surface area contributed by atoms with Crippen LogP contribution in [0, 0.1) is 16.7 Å². The molecule has 6 nitrogen and oxygen atoms in total. The first-order chi connectivity index (χ1) is 12.3. The molecule has 0 aromatic heterocycles. The molecule has 2 fully saturated rings. The third kappa shape index (κ3) is 3.08. The van der Waals surface area contributed by atoms with Crippen molar-refractivity contribution in [3.8, 4) is 0 Å². The maximum Gasteiger partial charge on any atom is 0.411 e. The van der Waals surface area contributed by atoms with Crippen LogP contribution in [0.2, 0.25) is 0 Å². The van der Waals surface area contributed by atoms with Crippen molar-refractivity contribution in [2.45, 2.75) is 47.0 Å². The molecule has 0 unspecified atom stereocenters. The fraction of sp³-hybridized carbons (Fsp3) is 0.550. The lowest BCUT2D eigenvalue weighted by atomic mass is 9.70. The van der Waals surface area contributed by atoms with Crippen LogP contribution in [0.15, 0.2) is 29.4 Å². The maximum absolute atomic E-state index is 12.4. The van der Waals surface area contributed by atoms with Crippen LogP contribution in [-0.4, -0.2) is 24.3 Å². The minimum Gasteiger partial charge on any atom is -0.450 e. The van der Waals surface area contributed by atoms with E-state index < -0.39 is 6.09 Å². The second-order valence-electron chi connectivity index (χ2n) is 7.92. The Kier molecular flexibility index (Phi) is 4.78. The highest BCUT2D eigenvalue weighted by atomic mass is 16.5. The number of hydrazone groups is 1. The zero-order valence-corrected chi connectivity index (χ0v) is 15.9. The van der Waals surface area contributed by atoms with Crippen LogP contribution in [0.1, 0.15) is 57.3 Å². The number of carbonyl (C=O) groups is 2. The van der Waals surface area contributed by atoms with Gasteiger partial charge in [-0.2, -0.15) is 5.10 Å². The highest BCUT2D eigenvalue weighted by molar-refractivity contribution is 5.98. The molecule has 1 aromatic rings. The van der Waals surface area contributed by atoms with Gasteiger partial charge in [-0.15, -0.1) is 0 Å². The summed E-state index contributed by atoms with van der Waals surface area (Å²) in [6.07, 6.45) is 2.83. The van der Waals surface area contributed by atoms with Crippen molar-refractivity contribution in [3.05, 3.63) is 29.8 Å². The van der Waals surface area contributed by atoms with Crippen molar-refractivity contribution in [1.82, 2.24) is 5.43 Å². The summed E-state index contributed by atoms with van der Waals surface area (Å²) in [7, 11) is 0. The van der Waals surface area contributed by atoms with E-state index in [0.717, 1.165) is 18.6 Å². The van der Waals surface area contributed by atoms with Crippen molar-refractivity contribution in [2.75, 3.05) is 11.9 Å². The molecule has 0 saturated heterocycles. The Bertz CT molecular complexity index is 739. The molecule has 1 aromatic carbocycles. The number of hydrogen-bond donors (Lipinski definition) is 2. The van der Waals surface area contributed by atoms with Gasteiger partial charge in [0.15, 0.2) is 0 Å². The SMILES string of the molecule is CCOC(=O)Nc1ccc(C(=O)N/N=C2/C[C@H]3CC[C@@]2(C)C3(C)C)cc1. The average Bonchev–Trinajstić information content (AvgIpc) is 2.93. The normalized spacial score (nSPS) is 27.4. The van der Waals surface area contributed by atoms with Gasteiger partial charge in [0.1, 0.15) is 0 Å². The van der Waals surface area contributed by atoms with Gasteiger partial charge in [-0.05, 0) is 61.8 Å². The Labute approximate surface area is 154 Å². The zero-order chi connectivity index (χ0) is 18.9. The molecule has 140 valence electrons. The topological polar surface area (TPSA) is 79.8 Å². The Morgan fingerprint density at radius 3 is 2.46 bits per heavy atom. The third-order valence-corrected chi connectivity index (χ3v) is 6.47. The summed E-state index contributed by atoms with van der Waals surface area (Å²) >= 11 is 0. The molecule has 2 aliphatic carbocycles. The minimum atomic E-state index is -0.511. The van der Waals surface area contributed by atoms with E-state index in [1.807, 2.05) is 0 Å². The van der Waals surface area contributed by atoms with Crippen LogP contribution < -0.4 is 10.7 Å². The molecule has 3 rings (SSSR count). The first-order valence-electron chi connectivity index (χ1n) is 9.19. The molecular weight excluding hydrogens is 330 g/mol. The summed E-state index contributed by atoms with van der Waals surface area (Å²) in [5, 5.41) is 7.07. The number of amides is 2. The molecule has 2 bridgehead atoms. The molecule has 26 heavy (non-hydrogen) atoms. The Hall–Kier alpha value is -2.37. The predicted molar refractivity (Wildman–Crippen MR) is 101 cm³/mol.